The number of ether oxygens (including phenoxy) is 2. The number of aliphatic hydroxyl groups is 1. The van der Waals surface area contributed by atoms with Gasteiger partial charge in [0.1, 0.15) is 6.61 Å². The van der Waals surface area contributed by atoms with Crippen LogP contribution in [0.15, 0.2) is 60.8 Å². The Hall–Kier alpha value is -2.33. The number of nitrogens with two attached hydrogens (primary N) is 1. The molecule has 0 rings (SSSR count). The summed E-state index contributed by atoms with van der Waals surface area (Å²) in [5, 5.41) is 10.1. The van der Waals surface area contributed by atoms with E-state index in [1.807, 2.05) is 18.2 Å². The number of phosphoric ester groups is 1. The van der Waals surface area contributed by atoms with Gasteiger partial charge in [-0.15, -0.1) is 0 Å². The van der Waals surface area contributed by atoms with Gasteiger partial charge >= 0.3 is 19.8 Å². The maximum atomic E-state index is 12.6. The first-order chi connectivity index (χ1) is 29.2. The zero-order valence-corrected chi connectivity index (χ0v) is 38.9. The van der Waals surface area contributed by atoms with Crippen molar-refractivity contribution >= 4 is 19.8 Å². The van der Waals surface area contributed by atoms with Crippen molar-refractivity contribution in [1.29, 1.82) is 0 Å². The lowest BCUT2D eigenvalue weighted by molar-refractivity contribution is -0.161. The van der Waals surface area contributed by atoms with Crippen molar-refractivity contribution in [2.75, 3.05) is 26.4 Å². The highest BCUT2D eigenvalue weighted by Crippen LogP contribution is 2.43. The molecule has 348 valence electrons. The second-order valence-electron chi connectivity index (χ2n) is 15.8. The Morgan fingerprint density at radius 1 is 0.583 bits per heavy atom. The van der Waals surface area contributed by atoms with Crippen LogP contribution in [0.2, 0.25) is 0 Å². The summed E-state index contributed by atoms with van der Waals surface area (Å²) in [6.45, 7) is 3.54. The van der Waals surface area contributed by atoms with Gasteiger partial charge in [-0.25, -0.2) is 4.57 Å². The molecule has 0 saturated carbocycles. The highest BCUT2D eigenvalue weighted by Gasteiger charge is 2.26. The summed E-state index contributed by atoms with van der Waals surface area (Å²) >= 11 is 0. The fourth-order valence-corrected chi connectivity index (χ4v) is 7.11. The number of carbonyl (C=O) groups is 2. The van der Waals surface area contributed by atoms with E-state index >= 15 is 0 Å². The Balaban J connectivity index is 4.23. The third-order valence-corrected chi connectivity index (χ3v) is 10.9. The quantitative estimate of drug-likeness (QED) is 0.0177. The van der Waals surface area contributed by atoms with Crippen molar-refractivity contribution in [3.05, 3.63) is 60.8 Å². The highest BCUT2D eigenvalue weighted by molar-refractivity contribution is 7.47. The fraction of sp³-hybridized carbons (Fsp3) is 0.755. The lowest BCUT2D eigenvalue weighted by Crippen LogP contribution is -2.29. The summed E-state index contributed by atoms with van der Waals surface area (Å²) < 4.78 is 32.7. The Morgan fingerprint density at radius 2 is 1.08 bits per heavy atom. The van der Waals surface area contributed by atoms with Gasteiger partial charge in [-0.1, -0.05) is 177 Å². The molecule has 0 bridgehead atoms. The average Bonchev–Trinajstić information content (AvgIpc) is 3.23. The monoisotopic (exact) mass is 866 g/mol. The minimum absolute atomic E-state index is 0.0291. The number of hydrogen-bond acceptors (Lipinski definition) is 9. The zero-order chi connectivity index (χ0) is 44.0. The van der Waals surface area contributed by atoms with Crippen molar-refractivity contribution in [2.24, 2.45) is 5.73 Å². The SMILES string of the molecule is CCCCC/C=C\C/C=C\CC(O)/C=C\C=C\CCCC(=O)O[C@H](COC(=O)CCCCCCCCCCCCC/C=C\CCCCCCCC)COP(=O)(O)OCCN. The maximum Gasteiger partial charge on any atom is 0.472 e. The molecule has 0 aromatic heterocycles. The summed E-state index contributed by atoms with van der Waals surface area (Å²) in [7, 11) is -4.42. The molecule has 10 nitrogen and oxygen atoms in total. The van der Waals surface area contributed by atoms with E-state index in [4.69, 9.17) is 24.3 Å². The molecular formula is C49H88NO9P. The number of rotatable bonds is 44. The lowest BCUT2D eigenvalue weighted by Gasteiger charge is -2.19. The summed E-state index contributed by atoms with van der Waals surface area (Å²) in [6.07, 6.45) is 50.0. The first kappa shape index (κ1) is 57.7. The molecule has 0 heterocycles. The molecule has 0 aromatic carbocycles. The van der Waals surface area contributed by atoms with Gasteiger partial charge in [-0.2, -0.15) is 0 Å². The molecule has 0 aliphatic carbocycles. The largest absolute Gasteiger partial charge is 0.472 e. The van der Waals surface area contributed by atoms with E-state index in [1.54, 1.807) is 12.2 Å². The Bertz CT molecular complexity index is 1190. The Morgan fingerprint density at radius 3 is 1.70 bits per heavy atom. The number of carbonyl (C=O) groups excluding carboxylic acids is 2. The van der Waals surface area contributed by atoms with Crippen LogP contribution < -0.4 is 5.73 Å². The molecule has 4 N–H and O–H groups in total. The number of aliphatic hydroxyl groups excluding tert-OH is 1. The number of unbranched alkanes of at least 4 members (excludes halogenated alkanes) is 21. The van der Waals surface area contributed by atoms with E-state index in [0.717, 1.165) is 32.1 Å². The molecule has 11 heteroatoms. The van der Waals surface area contributed by atoms with Gasteiger partial charge in [0.05, 0.1) is 19.3 Å². The average molecular weight is 866 g/mol. The van der Waals surface area contributed by atoms with Crippen LogP contribution in [0.25, 0.3) is 0 Å². The molecule has 3 atom stereocenters. The Labute approximate surface area is 366 Å². The van der Waals surface area contributed by atoms with Crippen LogP contribution >= 0.6 is 7.82 Å². The molecule has 0 aliphatic heterocycles. The first-order valence-corrected chi connectivity index (χ1v) is 25.4. The van der Waals surface area contributed by atoms with Crippen molar-refractivity contribution in [3.8, 4) is 0 Å². The summed E-state index contributed by atoms with van der Waals surface area (Å²) in [5.74, 6) is -0.959. The van der Waals surface area contributed by atoms with E-state index in [-0.39, 0.29) is 32.6 Å². The molecule has 0 amide bonds. The molecule has 0 saturated heterocycles. The predicted molar refractivity (Wildman–Crippen MR) is 249 cm³/mol. The van der Waals surface area contributed by atoms with Crippen LogP contribution in [-0.4, -0.2) is 60.5 Å². The van der Waals surface area contributed by atoms with E-state index in [2.05, 4.69) is 44.2 Å². The van der Waals surface area contributed by atoms with Gasteiger partial charge < -0.3 is 25.2 Å². The highest BCUT2D eigenvalue weighted by atomic mass is 31.2. The topological polar surface area (TPSA) is 155 Å². The van der Waals surface area contributed by atoms with Gasteiger partial charge in [0.15, 0.2) is 6.10 Å². The van der Waals surface area contributed by atoms with Gasteiger partial charge in [0.2, 0.25) is 0 Å². The Kier molecular flexibility index (Phi) is 43.0. The first-order valence-electron chi connectivity index (χ1n) is 23.9. The number of esters is 2. The van der Waals surface area contributed by atoms with E-state index in [0.29, 0.717) is 25.7 Å². The fourth-order valence-electron chi connectivity index (χ4n) is 6.35. The van der Waals surface area contributed by atoms with Crippen LogP contribution in [-0.2, 0) is 32.7 Å². The van der Waals surface area contributed by atoms with Crippen LogP contribution in [0.4, 0.5) is 0 Å². The predicted octanol–water partition coefficient (Wildman–Crippen LogP) is 13.0. The van der Waals surface area contributed by atoms with Crippen molar-refractivity contribution in [1.82, 2.24) is 0 Å². The molecule has 0 aromatic rings. The molecule has 0 radical (unpaired) electrons. The molecular weight excluding hydrogens is 778 g/mol. The number of phosphoric acid groups is 1. The van der Waals surface area contributed by atoms with E-state index in [9.17, 15) is 24.2 Å². The molecule has 60 heavy (non-hydrogen) atoms. The second-order valence-corrected chi connectivity index (χ2v) is 17.3. The van der Waals surface area contributed by atoms with Crippen LogP contribution in [0.3, 0.4) is 0 Å². The molecule has 2 unspecified atom stereocenters. The van der Waals surface area contributed by atoms with Crippen molar-refractivity contribution in [2.45, 2.75) is 212 Å². The third kappa shape index (κ3) is 43.7. The third-order valence-electron chi connectivity index (χ3n) is 9.96. The van der Waals surface area contributed by atoms with E-state index in [1.165, 1.54) is 116 Å². The second kappa shape index (κ2) is 44.7. The normalized spacial score (nSPS) is 14.3. The van der Waals surface area contributed by atoms with Crippen LogP contribution in [0, 0.1) is 0 Å². The van der Waals surface area contributed by atoms with Gasteiger partial charge in [-0.05, 0) is 70.6 Å². The van der Waals surface area contributed by atoms with Crippen molar-refractivity contribution < 1.29 is 42.7 Å². The van der Waals surface area contributed by atoms with Crippen molar-refractivity contribution in [3.63, 3.8) is 0 Å². The lowest BCUT2D eigenvalue weighted by atomic mass is 10.0. The van der Waals surface area contributed by atoms with E-state index < -0.39 is 38.6 Å². The van der Waals surface area contributed by atoms with Crippen LogP contribution in [0.1, 0.15) is 200 Å². The summed E-state index contributed by atoms with van der Waals surface area (Å²) in [6, 6.07) is 0. The number of allylic oxidation sites excluding steroid dienone is 8. The molecule has 0 fully saturated rings. The molecule has 0 spiro atoms. The summed E-state index contributed by atoms with van der Waals surface area (Å²) in [4.78, 5) is 34.9. The van der Waals surface area contributed by atoms with Gasteiger partial charge in [0, 0.05) is 19.4 Å². The summed E-state index contributed by atoms with van der Waals surface area (Å²) in [5.41, 5.74) is 5.35. The molecule has 0 aliphatic rings. The zero-order valence-electron chi connectivity index (χ0n) is 38.0. The minimum Gasteiger partial charge on any atom is -0.462 e. The van der Waals surface area contributed by atoms with Gasteiger partial charge in [-0.3, -0.25) is 18.6 Å². The van der Waals surface area contributed by atoms with Gasteiger partial charge in [0.25, 0.3) is 0 Å². The number of hydrogen-bond donors (Lipinski definition) is 3. The van der Waals surface area contributed by atoms with Crippen LogP contribution in [0.5, 0.6) is 0 Å². The maximum absolute atomic E-state index is 12.6. The minimum atomic E-state index is -4.42. The standard InChI is InChI=1S/C49H88NO9P/c1-3-5-7-9-11-13-14-15-16-17-18-19-20-21-22-23-24-26-28-32-36-40-48(52)56-44-47(45-58-60(54,55)57-43-42-50)59-49(53)41-37-33-29-31-35-39-46(51)38-34-30-27-25-12-10-8-6-4-2/h12,15-16,25,29-31,34-35,39,46-47,51H,3-11,13-14,17-24,26-28,32-33,36-38,40-45,50H2,1-2H3,(H,54,55)/b16-15-,25-12-,31-29+,34-30-,39-35-/t46?,47-/m1/s1. The smallest absolute Gasteiger partial charge is 0.462 e.